The van der Waals surface area contributed by atoms with E-state index < -0.39 is 5.92 Å². The summed E-state index contributed by atoms with van der Waals surface area (Å²) in [4.78, 5) is 23.5. The second-order valence-corrected chi connectivity index (χ2v) is 9.73. The summed E-state index contributed by atoms with van der Waals surface area (Å²) in [6.07, 6.45) is 14.5. The van der Waals surface area contributed by atoms with Crippen LogP contribution in [-0.4, -0.2) is 61.5 Å². The first-order chi connectivity index (χ1) is 17.5. The molecule has 3 aliphatic heterocycles. The van der Waals surface area contributed by atoms with Crippen LogP contribution in [-0.2, 0) is 4.74 Å². The van der Waals surface area contributed by atoms with E-state index in [9.17, 15) is 13.6 Å². The Bertz CT molecular complexity index is 1330. The first-order valence-corrected chi connectivity index (χ1v) is 12.5. The molecule has 0 spiro atoms. The second-order valence-electron chi connectivity index (χ2n) is 9.73. The first-order valence-electron chi connectivity index (χ1n) is 12.5. The number of carbonyl (C=O) groups is 1. The van der Waals surface area contributed by atoms with Gasteiger partial charge in [-0.05, 0) is 37.5 Å². The van der Waals surface area contributed by atoms with Gasteiger partial charge in [0.15, 0.2) is 0 Å². The quantitative estimate of drug-likeness (QED) is 0.525. The minimum Gasteiger partial charge on any atom is -0.357 e. The molecule has 3 aliphatic rings. The third kappa shape index (κ3) is 4.45. The van der Waals surface area contributed by atoms with Crippen LogP contribution < -0.4 is 0 Å². The minimum absolute atomic E-state index is 0.0149. The lowest BCUT2D eigenvalue weighted by Gasteiger charge is -2.31. The molecule has 0 radical (unpaired) electrons. The van der Waals surface area contributed by atoms with Crippen LogP contribution in [0.4, 0.5) is 8.78 Å². The molecule has 8 nitrogen and oxygen atoms in total. The van der Waals surface area contributed by atoms with Crippen LogP contribution in [0.2, 0.25) is 0 Å². The monoisotopic (exact) mass is 494 g/mol. The summed E-state index contributed by atoms with van der Waals surface area (Å²) in [6, 6.07) is 3.74. The van der Waals surface area contributed by atoms with Crippen LogP contribution in [0.25, 0.3) is 11.0 Å². The molecule has 2 saturated heterocycles. The van der Waals surface area contributed by atoms with E-state index in [0.717, 1.165) is 48.2 Å². The van der Waals surface area contributed by atoms with Gasteiger partial charge >= 0.3 is 0 Å². The molecule has 6 rings (SSSR count). The number of piperidine rings is 1. The first kappa shape index (κ1) is 23.0. The summed E-state index contributed by atoms with van der Waals surface area (Å²) in [5.74, 6) is -2.94. The highest BCUT2D eigenvalue weighted by Gasteiger charge is 2.36. The van der Waals surface area contributed by atoms with E-state index >= 15 is 0 Å². The van der Waals surface area contributed by atoms with Crippen molar-refractivity contribution >= 4 is 22.7 Å². The van der Waals surface area contributed by atoms with E-state index in [2.05, 4.69) is 19.6 Å². The number of nitrogens with zero attached hydrogens (tertiary/aromatic N) is 6. The van der Waals surface area contributed by atoms with Crippen LogP contribution in [0.15, 0.2) is 54.2 Å². The van der Waals surface area contributed by atoms with Gasteiger partial charge in [0.2, 0.25) is 0 Å². The summed E-state index contributed by atoms with van der Waals surface area (Å²) in [6.45, 7) is 0.882. The molecule has 0 aliphatic carbocycles. The number of carbonyl (C=O) groups excluding carboxylic acids is 1. The van der Waals surface area contributed by atoms with E-state index in [1.54, 1.807) is 12.3 Å². The molecule has 0 bridgehead atoms. The third-order valence-corrected chi connectivity index (χ3v) is 7.27. The number of aliphatic imine (C=N–C) groups is 1. The Morgan fingerprint density at radius 3 is 2.83 bits per heavy atom. The molecule has 0 N–H and O–H groups in total. The van der Waals surface area contributed by atoms with Gasteiger partial charge in [-0.2, -0.15) is 5.10 Å². The Morgan fingerprint density at radius 1 is 1.17 bits per heavy atom. The predicted octanol–water partition coefficient (Wildman–Crippen LogP) is 4.75. The van der Waals surface area contributed by atoms with Crippen LogP contribution >= 0.6 is 0 Å². The maximum atomic E-state index is 13.5. The van der Waals surface area contributed by atoms with Gasteiger partial charge in [0.25, 0.3) is 11.8 Å². The van der Waals surface area contributed by atoms with E-state index in [0.29, 0.717) is 12.0 Å². The van der Waals surface area contributed by atoms with Crippen molar-refractivity contribution in [3.8, 4) is 0 Å². The van der Waals surface area contributed by atoms with Crippen LogP contribution in [0.1, 0.15) is 66.7 Å². The van der Waals surface area contributed by atoms with Crippen molar-refractivity contribution in [3.63, 3.8) is 0 Å². The molecule has 2 atom stereocenters. The Balaban J connectivity index is 1.17. The van der Waals surface area contributed by atoms with Crippen molar-refractivity contribution in [2.45, 2.75) is 56.7 Å². The number of likely N-dealkylation sites (tertiary alicyclic amines) is 1. The van der Waals surface area contributed by atoms with Crippen molar-refractivity contribution in [2.24, 2.45) is 4.99 Å². The lowest BCUT2D eigenvalue weighted by atomic mass is 10.0. The number of halogens is 2. The maximum absolute atomic E-state index is 13.5. The van der Waals surface area contributed by atoms with E-state index in [1.807, 2.05) is 41.6 Å². The summed E-state index contributed by atoms with van der Waals surface area (Å²) < 4.78 is 36.8. The number of amides is 1. The van der Waals surface area contributed by atoms with E-state index in [4.69, 9.17) is 4.74 Å². The zero-order chi connectivity index (χ0) is 24.7. The van der Waals surface area contributed by atoms with Crippen LogP contribution in [0.5, 0.6) is 0 Å². The Hall–Kier alpha value is -3.40. The SMILES string of the molecule is O=C(c1cnc2c(ccn2C2C=CN=C(c3cnn(C4CCCCO4)c3)C2)c1)N1CCC(F)(F)CC1. The molecule has 0 saturated carbocycles. The highest BCUT2D eigenvalue weighted by atomic mass is 19.3. The normalized spacial score (nSPS) is 24.2. The fourth-order valence-corrected chi connectivity index (χ4v) is 5.16. The molecule has 3 aromatic rings. The second kappa shape index (κ2) is 9.24. The molecular weight excluding hydrogens is 466 g/mol. The smallest absolute Gasteiger partial charge is 0.255 e. The standard InChI is InChI=1S/C26H28F2N6O2/c27-26(28)6-10-32(11-7-26)25(35)19-13-18-5-9-33(24(18)30-15-19)21-4-8-29-22(14-21)20-16-31-34(17-20)23-3-1-2-12-36-23/h4-5,8-9,13,15-17,21,23H,1-3,6-7,10-12,14H2. The fraction of sp³-hybridized carbons (Fsp3) is 0.462. The van der Waals surface area contributed by atoms with Gasteiger partial charge in [0, 0.05) is 74.7 Å². The number of rotatable bonds is 4. The minimum atomic E-state index is -2.69. The number of pyridine rings is 1. The molecular formula is C26H28F2N6O2. The highest BCUT2D eigenvalue weighted by molar-refractivity contribution is 6.01. The molecule has 6 heterocycles. The number of allylic oxidation sites excluding steroid dienone is 1. The van der Waals surface area contributed by atoms with Gasteiger partial charge in [-0.25, -0.2) is 18.4 Å². The largest absolute Gasteiger partial charge is 0.357 e. The molecule has 10 heteroatoms. The predicted molar refractivity (Wildman–Crippen MR) is 130 cm³/mol. The number of fused-ring (bicyclic) bond motifs is 1. The lowest BCUT2D eigenvalue weighted by molar-refractivity contribution is -0.0494. The number of aromatic nitrogens is 4. The fourth-order valence-electron chi connectivity index (χ4n) is 5.16. The number of alkyl halides is 2. The Kier molecular flexibility index (Phi) is 5.91. The molecule has 188 valence electrons. The van der Waals surface area contributed by atoms with Crippen LogP contribution in [0, 0.1) is 0 Å². The topological polar surface area (TPSA) is 77.5 Å². The highest BCUT2D eigenvalue weighted by Crippen LogP contribution is 2.30. The van der Waals surface area contributed by atoms with Gasteiger partial charge < -0.3 is 14.2 Å². The van der Waals surface area contributed by atoms with Gasteiger partial charge in [-0.3, -0.25) is 9.79 Å². The zero-order valence-corrected chi connectivity index (χ0v) is 19.9. The van der Waals surface area contributed by atoms with E-state index in [1.165, 1.54) is 4.90 Å². The van der Waals surface area contributed by atoms with Gasteiger partial charge in [-0.15, -0.1) is 0 Å². The third-order valence-electron chi connectivity index (χ3n) is 7.27. The average Bonchev–Trinajstić information content (AvgIpc) is 3.56. The number of hydrogen-bond acceptors (Lipinski definition) is 5. The molecule has 0 aromatic carbocycles. The number of ether oxygens (including phenoxy) is 1. The zero-order valence-electron chi connectivity index (χ0n) is 19.9. The van der Waals surface area contributed by atoms with Gasteiger partial charge in [-0.1, -0.05) is 0 Å². The van der Waals surface area contributed by atoms with Gasteiger partial charge in [0.05, 0.1) is 23.5 Å². The molecule has 1 amide bonds. The lowest BCUT2D eigenvalue weighted by Crippen LogP contribution is -2.42. The molecule has 2 unspecified atom stereocenters. The maximum Gasteiger partial charge on any atom is 0.255 e. The Morgan fingerprint density at radius 2 is 2.03 bits per heavy atom. The summed E-state index contributed by atoms with van der Waals surface area (Å²) in [7, 11) is 0. The molecule has 36 heavy (non-hydrogen) atoms. The molecule has 3 aromatic heterocycles. The van der Waals surface area contributed by atoms with Crippen molar-refractivity contribution in [1.29, 1.82) is 0 Å². The van der Waals surface area contributed by atoms with Crippen molar-refractivity contribution in [1.82, 2.24) is 24.2 Å². The van der Waals surface area contributed by atoms with Crippen molar-refractivity contribution in [2.75, 3.05) is 19.7 Å². The number of hydrogen-bond donors (Lipinski definition) is 0. The van der Waals surface area contributed by atoms with Gasteiger partial charge in [0.1, 0.15) is 11.9 Å². The van der Waals surface area contributed by atoms with Crippen LogP contribution in [0.3, 0.4) is 0 Å². The van der Waals surface area contributed by atoms with Crippen molar-refractivity contribution < 1.29 is 18.3 Å². The summed E-state index contributed by atoms with van der Waals surface area (Å²) in [5.41, 5.74) is 3.10. The Labute approximate surface area is 207 Å². The van der Waals surface area contributed by atoms with Crippen molar-refractivity contribution in [3.05, 3.63) is 60.3 Å². The summed E-state index contributed by atoms with van der Waals surface area (Å²) >= 11 is 0. The molecule has 2 fully saturated rings. The summed E-state index contributed by atoms with van der Waals surface area (Å²) in [5, 5.41) is 5.35. The average molecular weight is 495 g/mol. The van der Waals surface area contributed by atoms with E-state index in [-0.39, 0.29) is 44.1 Å².